The van der Waals surface area contributed by atoms with E-state index >= 15 is 0 Å². The van der Waals surface area contributed by atoms with Crippen LogP contribution in [0.15, 0.2) is 54.6 Å². The first-order valence-corrected chi connectivity index (χ1v) is 6.60. The Morgan fingerprint density at radius 1 is 1.10 bits per heavy atom. The summed E-state index contributed by atoms with van der Waals surface area (Å²) < 4.78 is 0. The summed E-state index contributed by atoms with van der Waals surface area (Å²) in [6.45, 7) is 2.02. The van der Waals surface area contributed by atoms with Crippen molar-refractivity contribution >= 4 is 28.2 Å². The molecule has 21 heavy (non-hydrogen) atoms. The van der Waals surface area contributed by atoms with Gasteiger partial charge < -0.3 is 10.4 Å². The maximum absolute atomic E-state index is 11.2. The molecule has 2 N–H and O–H groups in total. The van der Waals surface area contributed by atoms with Crippen LogP contribution >= 0.6 is 0 Å². The van der Waals surface area contributed by atoms with Gasteiger partial charge in [-0.15, -0.1) is 0 Å². The van der Waals surface area contributed by atoms with Crippen LogP contribution in [0.4, 0.5) is 11.5 Å². The van der Waals surface area contributed by atoms with E-state index in [2.05, 4.69) is 10.3 Å². The van der Waals surface area contributed by atoms with Crippen molar-refractivity contribution in [1.29, 1.82) is 0 Å². The van der Waals surface area contributed by atoms with Crippen LogP contribution in [0.2, 0.25) is 0 Å². The van der Waals surface area contributed by atoms with Crippen molar-refractivity contribution in [2.24, 2.45) is 0 Å². The van der Waals surface area contributed by atoms with Crippen LogP contribution in [-0.2, 0) is 0 Å². The number of aromatic nitrogens is 1. The number of hydrogen-bond acceptors (Lipinski definition) is 3. The van der Waals surface area contributed by atoms with Gasteiger partial charge in [0.05, 0.1) is 0 Å². The minimum atomic E-state index is -1.03. The number of benzene rings is 2. The van der Waals surface area contributed by atoms with E-state index in [9.17, 15) is 9.90 Å². The Balaban J connectivity index is 2.11. The summed E-state index contributed by atoms with van der Waals surface area (Å²) in [6, 6.07) is 17.0. The van der Waals surface area contributed by atoms with Crippen molar-refractivity contribution in [2.45, 2.75) is 6.92 Å². The molecule has 0 aliphatic carbocycles. The molecule has 0 unspecified atom stereocenters. The summed E-state index contributed by atoms with van der Waals surface area (Å²) >= 11 is 0. The first-order chi connectivity index (χ1) is 10.1. The molecule has 2 aromatic carbocycles. The van der Waals surface area contributed by atoms with Crippen LogP contribution in [0.3, 0.4) is 0 Å². The SMILES string of the molecule is Cc1ccc(Nc2nc(C(=O)O)cc3ccccc23)cc1. The maximum Gasteiger partial charge on any atom is 0.354 e. The quantitative estimate of drug-likeness (QED) is 0.760. The van der Waals surface area contributed by atoms with E-state index in [1.54, 1.807) is 6.07 Å². The number of aromatic carboxylic acids is 1. The van der Waals surface area contributed by atoms with Crippen LogP contribution in [-0.4, -0.2) is 16.1 Å². The van der Waals surface area contributed by atoms with E-state index in [4.69, 9.17) is 0 Å². The number of pyridine rings is 1. The molecule has 0 atom stereocenters. The molecule has 3 rings (SSSR count). The van der Waals surface area contributed by atoms with Crippen LogP contribution in [0.25, 0.3) is 10.8 Å². The minimum absolute atomic E-state index is 0.0308. The number of carboxylic acids is 1. The zero-order valence-electron chi connectivity index (χ0n) is 11.5. The summed E-state index contributed by atoms with van der Waals surface area (Å²) in [5, 5.41) is 14.1. The fraction of sp³-hybridized carbons (Fsp3) is 0.0588. The monoisotopic (exact) mass is 278 g/mol. The Bertz CT molecular complexity index is 811. The third-order valence-corrected chi connectivity index (χ3v) is 3.27. The molecule has 104 valence electrons. The highest BCUT2D eigenvalue weighted by atomic mass is 16.4. The van der Waals surface area contributed by atoms with Gasteiger partial charge in [-0.3, -0.25) is 0 Å². The second kappa shape index (κ2) is 5.25. The van der Waals surface area contributed by atoms with Crippen molar-refractivity contribution < 1.29 is 9.90 Å². The van der Waals surface area contributed by atoms with Gasteiger partial charge in [-0.2, -0.15) is 0 Å². The Labute approximate surface area is 122 Å². The lowest BCUT2D eigenvalue weighted by Gasteiger charge is -2.10. The third-order valence-electron chi connectivity index (χ3n) is 3.27. The molecule has 0 bridgehead atoms. The van der Waals surface area contributed by atoms with Crippen molar-refractivity contribution in [1.82, 2.24) is 4.98 Å². The fourth-order valence-corrected chi connectivity index (χ4v) is 2.18. The zero-order valence-corrected chi connectivity index (χ0v) is 11.5. The molecule has 0 saturated carbocycles. The van der Waals surface area contributed by atoms with Crippen LogP contribution in [0.5, 0.6) is 0 Å². The predicted octanol–water partition coefficient (Wildman–Crippen LogP) is 3.99. The molecule has 4 heteroatoms. The lowest BCUT2D eigenvalue weighted by Crippen LogP contribution is -2.04. The Hall–Kier alpha value is -2.88. The first kappa shape index (κ1) is 13.1. The number of nitrogens with zero attached hydrogens (tertiary/aromatic N) is 1. The topological polar surface area (TPSA) is 62.2 Å². The maximum atomic E-state index is 11.2. The standard InChI is InChI=1S/C17H14N2O2/c1-11-6-8-13(9-7-11)18-16-14-5-3-2-4-12(14)10-15(19-16)17(20)21/h2-10H,1H3,(H,18,19)(H,20,21). The van der Waals surface area contributed by atoms with Crippen molar-refractivity contribution in [2.75, 3.05) is 5.32 Å². The molecule has 1 heterocycles. The number of carboxylic acid groups (broad SMARTS) is 1. The molecule has 0 fully saturated rings. The number of carbonyl (C=O) groups is 1. The molecule has 3 aromatic rings. The molecular weight excluding hydrogens is 264 g/mol. The van der Waals surface area contributed by atoms with E-state index < -0.39 is 5.97 Å². The van der Waals surface area contributed by atoms with Gasteiger partial charge in [0.2, 0.25) is 0 Å². The van der Waals surface area contributed by atoms with Gasteiger partial charge in [0.25, 0.3) is 0 Å². The number of hydrogen-bond donors (Lipinski definition) is 2. The van der Waals surface area contributed by atoms with Crippen molar-refractivity contribution in [3.05, 3.63) is 65.9 Å². The van der Waals surface area contributed by atoms with Gasteiger partial charge in [0.1, 0.15) is 5.82 Å². The molecule has 0 amide bonds. The summed E-state index contributed by atoms with van der Waals surface area (Å²) in [7, 11) is 0. The van der Waals surface area contributed by atoms with Crippen LogP contribution < -0.4 is 5.32 Å². The largest absolute Gasteiger partial charge is 0.477 e. The van der Waals surface area contributed by atoms with E-state index in [1.807, 2.05) is 55.5 Å². The summed E-state index contributed by atoms with van der Waals surface area (Å²) in [6.07, 6.45) is 0. The molecule has 0 saturated heterocycles. The second-order valence-electron chi connectivity index (χ2n) is 4.87. The number of nitrogens with one attached hydrogen (secondary N) is 1. The summed E-state index contributed by atoms with van der Waals surface area (Å²) in [5.41, 5.74) is 2.07. The lowest BCUT2D eigenvalue weighted by atomic mass is 10.1. The van der Waals surface area contributed by atoms with Gasteiger partial charge in [-0.1, -0.05) is 42.0 Å². The Kier molecular flexibility index (Phi) is 3.28. The highest BCUT2D eigenvalue weighted by Crippen LogP contribution is 2.25. The van der Waals surface area contributed by atoms with Gasteiger partial charge in [0, 0.05) is 11.1 Å². The minimum Gasteiger partial charge on any atom is -0.477 e. The normalized spacial score (nSPS) is 10.5. The van der Waals surface area contributed by atoms with E-state index in [-0.39, 0.29) is 5.69 Å². The van der Waals surface area contributed by atoms with Crippen molar-refractivity contribution in [3.8, 4) is 0 Å². The summed E-state index contributed by atoms with van der Waals surface area (Å²) in [4.78, 5) is 15.4. The Morgan fingerprint density at radius 3 is 2.52 bits per heavy atom. The van der Waals surface area contributed by atoms with E-state index in [1.165, 1.54) is 0 Å². The molecule has 0 aliphatic rings. The highest BCUT2D eigenvalue weighted by Gasteiger charge is 2.10. The average Bonchev–Trinajstić information content (AvgIpc) is 2.49. The molecule has 1 aromatic heterocycles. The average molecular weight is 278 g/mol. The third kappa shape index (κ3) is 2.69. The summed E-state index contributed by atoms with van der Waals surface area (Å²) in [5.74, 6) is -0.484. The number of fused-ring (bicyclic) bond motifs is 1. The smallest absolute Gasteiger partial charge is 0.354 e. The van der Waals surface area contributed by atoms with Gasteiger partial charge in [-0.05, 0) is 30.5 Å². The van der Waals surface area contributed by atoms with Crippen LogP contribution in [0.1, 0.15) is 16.1 Å². The number of anilines is 2. The molecule has 0 radical (unpaired) electrons. The predicted molar refractivity (Wildman–Crippen MR) is 83.2 cm³/mol. The lowest BCUT2D eigenvalue weighted by molar-refractivity contribution is 0.0691. The molecule has 0 aliphatic heterocycles. The van der Waals surface area contributed by atoms with E-state index in [0.717, 1.165) is 22.0 Å². The Morgan fingerprint density at radius 2 is 1.81 bits per heavy atom. The van der Waals surface area contributed by atoms with E-state index in [0.29, 0.717) is 5.82 Å². The van der Waals surface area contributed by atoms with Gasteiger partial charge in [0.15, 0.2) is 5.69 Å². The fourth-order valence-electron chi connectivity index (χ4n) is 2.18. The molecule has 4 nitrogen and oxygen atoms in total. The van der Waals surface area contributed by atoms with Gasteiger partial charge >= 0.3 is 5.97 Å². The number of rotatable bonds is 3. The zero-order chi connectivity index (χ0) is 14.8. The highest BCUT2D eigenvalue weighted by molar-refractivity contribution is 5.98. The molecule has 0 spiro atoms. The van der Waals surface area contributed by atoms with Gasteiger partial charge in [-0.25, -0.2) is 9.78 Å². The van der Waals surface area contributed by atoms with Crippen molar-refractivity contribution in [3.63, 3.8) is 0 Å². The van der Waals surface area contributed by atoms with Crippen LogP contribution in [0, 0.1) is 6.92 Å². The second-order valence-corrected chi connectivity index (χ2v) is 4.87. The number of aryl methyl sites for hydroxylation is 1. The molecular formula is C17H14N2O2. The first-order valence-electron chi connectivity index (χ1n) is 6.60.